The number of hydrogen-bond donors (Lipinski definition) is 2. The molecule has 1 fully saturated rings. The fraction of sp³-hybridized carbons (Fsp3) is 0.778. The van der Waals surface area contributed by atoms with E-state index < -0.39 is 12.0 Å². The van der Waals surface area contributed by atoms with E-state index in [1.54, 1.807) is 11.8 Å². The van der Waals surface area contributed by atoms with Crippen molar-refractivity contribution >= 4 is 23.6 Å². The van der Waals surface area contributed by atoms with Crippen LogP contribution in [-0.2, 0) is 14.3 Å². The standard InChI is InChI=1S/C9H15NO4S/c1-14-4-7(9(12)13)10-8(11)6-2-3-15-5-6/h6-7H,2-5H2,1H3,(H,10,11)(H,12,13). The molecule has 1 heterocycles. The highest BCUT2D eigenvalue weighted by atomic mass is 32.2. The van der Waals surface area contributed by atoms with Crippen molar-refractivity contribution in [1.82, 2.24) is 5.32 Å². The fourth-order valence-corrected chi connectivity index (χ4v) is 2.59. The summed E-state index contributed by atoms with van der Waals surface area (Å²) in [6, 6.07) is -0.937. The zero-order valence-electron chi connectivity index (χ0n) is 8.56. The van der Waals surface area contributed by atoms with Gasteiger partial charge < -0.3 is 15.2 Å². The van der Waals surface area contributed by atoms with Crippen LogP contribution in [0.1, 0.15) is 6.42 Å². The van der Waals surface area contributed by atoms with Crippen LogP contribution in [0.2, 0.25) is 0 Å². The molecule has 1 aliphatic rings. The van der Waals surface area contributed by atoms with Gasteiger partial charge in [-0.1, -0.05) is 0 Å². The summed E-state index contributed by atoms with van der Waals surface area (Å²) in [6.07, 6.45) is 0.829. The van der Waals surface area contributed by atoms with Crippen molar-refractivity contribution in [2.75, 3.05) is 25.2 Å². The molecule has 1 saturated heterocycles. The van der Waals surface area contributed by atoms with Crippen LogP contribution in [0.5, 0.6) is 0 Å². The zero-order valence-corrected chi connectivity index (χ0v) is 9.38. The topological polar surface area (TPSA) is 75.6 Å². The van der Waals surface area contributed by atoms with Crippen LogP contribution in [0.15, 0.2) is 0 Å². The van der Waals surface area contributed by atoms with E-state index in [-0.39, 0.29) is 18.4 Å². The van der Waals surface area contributed by atoms with Crippen LogP contribution >= 0.6 is 11.8 Å². The van der Waals surface area contributed by atoms with Crippen LogP contribution in [0.4, 0.5) is 0 Å². The van der Waals surface area contributed by atoms with Crippen LogP contribution in [-0.4, -0.2) is 48.2 Å². The number of carboxylic acids is 1. The molecule has 15 heavy (non-hydrogen) atoms. The van der Waals surface area contributed by atoms with E-state index in [0.29, 0.717) is 0 Å². The minimum Gasteiger partial charge on any atom is -0.480 e. The lowest BCUT2D eigenvalue weighted by Gasteiger charge is -2.15. The molecule has 1 aliphatic heterocycles. The van der Waals surface area contributed by atoms with Crippen molar-refractivity contribution in [1.29, 1.82) is 0 Å². The van der Waals surface area contributed by atoms with E-state index >= 15 is 0 Å². The predicted molar refractivity (Wildman–Crippen MR) is 56.9 cm³/mol. The average molecular weight is 233 g/mol. The molecule has 0 aromatic carbocycles. The molecular formula is C9H15NO4S. The van der Waals surface area contributed by atoms with Gasteiger partial charge in [0.1, 0.15) is 0 Å². The first-order valence-corrected chi connectivity index (χ1v) is 5.90. The minimum atomic E-state index is -1.06. The average Bonchev–Trinajstić information content (AvgIpc) is 2.69. The van der Waals surface area contributed by atoms with Crippen molar-refractivity contribution in [3.05, 3.63) is 0 Å². The Morgan fingerprint density at radius 2 is 2.40 bits per heavy atom. The third kappa shape index (κ3) is 3.71. The molecular weight excluding hydrogens is 218 g/mol. The van der Waals surface area contributed by atoms with E-state index in [9.17, 15) is 9.59 Å². The second kappa shape index (κ2) is 5.97. The number of ether oxygens (including phenoxy) is 1. The van der Waals surface area contributed by atoms with Gasteiger partial charge in [-0.2, -0.15) is 11.8 Å². The number of nitrogens with one attached hydrogen (secondary N) is 1. The highest BCUT2D eigenvalue weighted by molar-refractivity contribution is 7.99. The van der Waals surface area contributed by atoms with Crippen LogP contribution in [0.3, 0.4) is 0 Å². The molecule has 0 bridgehead atoms. The van der Waals surface area contributed by atoms with Gasteiger partial charge >= 0.3 is 5.97 Å². The van der Waals surface area contributed by atoms with E-state index in [1.165, 1.54) is 7.11 Å². The first kappa shape index (κ1) is 12.3. The van der Waals surface area contributed by atoms with Gasteiger partial charge in [0.2, 0.25) is 5.91 Å². The summed E-state index contributed by atoms with van der Waals surface area (Å²) in [5, 5.41) is 11.3. The Bertz CT molecular complexity index is 240. The van der Waals surface area contributed by atoms with E-state index in [0.717, 1.165) is 17.9 Å². The third-order valence-corrected chi connectivity index (χ3v) is 3.41. The number of amides is 1. The lowest BCUT2D eigenvalue weighted by molar-refractivity contribution is -0.143. The quantitative estimate of drug-likeness (QED) is 0.696. The van der Waals surface area contributed by atoms with Gasteiger partial charge in [0, 0.05) is 18.8 Å². The van der Waals surface area contributed by atoms with Crippen LogP contribution in [0, 0.1) is 5.92 Å². The summed E-state index contributed by atoms with van der Waals surface area (Å²) in [5.41, 5.74) is 0. The summed E-state index contributed by atoms with van der Waals surface area (Å²) < 4.78 is 4.73. The van der Waals surface area contributed by atoms with Crippen molar-refractivity contribution in [2.24, 2.45) is 5.92 Å². The number of aliphatic carboxylic acids is 1. The highest BCUT2D eigenvalue weighted by Crippen LogP contribution is 2.23. The van der Waals surface area contributed by atoms with Gasteiger partial charge in [-0.15, -0.1) is 0 Å². The summed E-state index contributed by atoms with van der Waals surface area (Å²) in [4.78, 5) is 22.3. The molecule has 1 rings (SSSR count). The molecule has 0 aromatic rings. The van der Waals surface area contributed by atoms with Crippen molar-refractivity contribution in [3.8, 4) is 0 Å². The molecule has 6 heteroatoms. The Morgan fingerprint density at radius 3 is 2.87 bits per heavy atom. The van der Waals surface area contributed by atoms with Crippen LogP contribution in [0.25, 0.3) is 0 Å². The SMILES string of the molecule is COCC(NC(=O)C1CCSC1)C(=O)O. The van der Waals surface area contributed by atoms with Gasteiger partial charge in [-0.25, -0.2) is 4.79 Å². The molecule has 0 radical (unpaired) electrons. The Balaban J connectivity index is 2.42. The number of hydrogen-bond acceptors (Lipinski definition) is 4. The Morgan fingerprint density at radius 1 is 1.67 bits per heavy atom. The largest absolute Gasteiger partial charge is 0.480 e. The highest BCUT2D eigenvalue weighted by Gasteiger charge is 2.27. The Hall–Kier alpha value is -0.750. The van der Waals surface area contributed by atoms with Crippen molar-refractivity contribution < 1.29 is 19.4 Å². The molecule has 5 nitrogen and oxygen atoms in total. The van der Waals surface area contributed by atoms with E-state index in [4.69, 9.17) is 9.84 Å². The molecule has 1 amide bonds. The van der Waals surface area contributed by atoms with Crippen LogP contribution < -0.4 is 5.32 Å². The second-order valence-corrected chi connectivity index (χ2v) is 4.57. The molecule has 2 unspecified atom stereocenters. The van der Waals surface area contributed by atoms with Gasteiger partial charge in [0.25, 0.3) is 0 Å². The van der Waals surface area contributed by atoms with Crippen molar-refractivity contribution in [3.63, 3.8) is 0 Å². The molecule has 0 aromatic heterocycles. The number of carbonyl (C=O) groups excluding carboxylic acids is 1. The Kier molecular flexibility index (Phi) is 4.90. The smallest absolute Gasteiger partial charge is 0.328 e. The Labute approximate surface area is 92.6 Å². The van der Waals surface area contributed by atoms with Gasteiger partial charge in [0.15, 0.2) is 6.04 Å². The fourth-order valence-electron chi connectivity index (χ4n) is 1.37. The summed E-state index contributed by atoms with van der Waals surface area (Å²) >= 11 is 1.72. The maximum absolute atomic E-state index is 11.6. The lowest BCUT2D eigenvalue weighted by Crippen LogP contribution is -2.46. The number of methoxy groups -OCH3 is 1. The number of carbonyl (C=O) groups is 2. The molecule has 0 saturated carbocycles. The minimum absolute atomic E-state index is 0.000929. The number of rotatable bonds is 5. The monoisotopic (exact) mass is 233 g/mol. The molecule has 2 atom stereocenters. The maximum atomic E-state index is 11.6. The summed E-state index contributed by atoms with van der Waals surface area (Å²) in [7, 11) is 1.41. The van der Waals surface area contributed by atoms with Gasteiger partial charge in [-0.05, 0) is 12.2 Å². The predicted octanol–water partition coefficient (Wildman–Crippen LogP) is -0.0447. The van der Waals surface area contributed by atoms with Crippen molar-refractivity contribution in [2.45, 2.75) is 12.5 Å². The summed E-state index contributed by atoms with van der Waals surface area (Å²) in [5.74, 6) is 0.472. The zero-order chi connectivity index (χ0) is 11.3. The van der Waals surface area contributed by atoms with Gasteiger partial charge in [-0.3, -0.25) is 4.79 Å². The molecule has 86 valence electrons. The molecule has 0 spiro atoms. The number of carboxylic acid groups (broad SMARTS) is 1. The van der Waals surface area contributed by atoms with E-state index in [2.05, 4.69) is 5.32 Å². The molecule has 2 N–H and O–H groups in total. The summed E-state index contributed by atoms with van der Waals surface area (Å²) in [6.45, 7) is 0.000929. The second-order valence-electron chi connectivity index (χ2n) is 3.42. The van der Waals surface area contributed by atoms with Gasteiger partial charge in [0.05, 0.1) is 6.61 Å². The maximum Gasteiger partial charge on any atom is 0.328 e. The normalized spacial score (nSPS) is 22.3. The molecule has 0 aliphatic carbocycles. The van der Waals surface area contributed by atoms with E-state index in [1.807, 2.05) is 0 Å². The number of thioether (sulfide) groups is 1. The third-order valence-electron chi connectivity index (χ3n) is 2.25. The lowest BCUT2D eigenvalue weighted by atomic mass is 10.1. The first-order chi connectivity index (χ1) is 7.15. The first-order valence-electron chi connectivity index (χ1n) is 4.75.